The molecule has 1 rings (SSSR count). The molecular weight excluding hydrogens is 288 g/mol. The van der Waals surface area contributed by atoms with E-state index in [-0.39, 0.29) is 0 Å². The van der Waals surface area contributed by atoms with E-state index in [2.05, 4.69) is 0 Å². The molecule has 3 N–H and O–H groups in total. The van der Waals surface area contributed by atoms with Crippen LogP contribution in [0, 0.1) is 17.3 Å². The summed E-state index contributed by atoms with van der Waals surface area (Å²) >= 11 is 0. The first-order chi connectivity index (χ1) is 10.1. The van der Waals surface area contributed by atoms with E-state index in [9.17, 15) is 29.7 Å². The molecule has 6 heteroatoms. The lowest BCUT2D eigenvalue weighted by molar-refractivity contribution is -0.160. The van der Waals surface area contributed by atoms with Crippen LogP contribution >= 0.6 is 0 Å². The number of rotatable bonds is 7. The number of aliphatic carboxylic acids is 3. The molecule has 1 aromatic carbocycles. The van der Waals surface area contributed by atoms with Crippen molar-refractivity contribution in [2.75, 3.05) is 0 Å². The minimum Gasteiger partial charge on any atom is -0.481 e. The normalized spacial score (nSPS) is 15.6. The first kappa shape index (κ1) is 17.7. The first-order valence-electron chi connectivity index (χ1n) is 6.84. The number of carboxylic acids is 3. The Hall–Kier alpha value is -2.37. The standard InChI is InChI=1S/C16H20O6/c1-9(16(2,3)15(21)22)11(13(17)18)12(14(19)20)10-7-5-4-6-8-10/h4-9,11-12H,1-3H3,(H,17,18)(H,19,20)(H,21,22). The van der Waals surface area contributed by atoms with E-state index in [0.29, 0.717) is 5.56 Å². The van der Waals surface area contributed by atoms with Crippen LogP contribution in [0.1, 0.15) is 32.3 Å². The molecule has 0 aliphatic carbocycles. The van der Waals surface area contributed by atoms with Gasteiger partial charge in [0.25, 0.3) is 0 Å². The molecule has 3 unspecified atom stereocenters. The first-order valence-corrected chi connectivity index (χ1v) is 6.84. The molecule has 0 amide bonds. The predicted octanol–water partition coefficient (Wildman–Crippen LogP) is 2.30. The fourth-order valence-corrected chi connectivity index (χ4v) is 2.45. The molecule has 0 aliphatic heterocycles. The third kappa shape index (κ3) is 3.44. The van der Waals surface area contributed by atoms with Gasteiger partial charge in [0, 0.05) is 0 Å². The third-order valence-electron chi connectivity index (χ3n) is 4.30. The largest absolute Gasteiger partial charge is 0.481 e. The Morgan fingerprint density at radius 1 is 0.955 bits per heavy atom. The SMILES string of the molecule is CC(C(C(=O)O)C(C(=O)O)c1ccccc1)C(C)(C)C(=O)O. The van der Waals surface area contributed by atoms with Gasteiger partial charge < -0.3 is 15.3 Å². The zero-order chi connectivity index (χ0) is 17.1. The van der Waals surface area contributed by atoms with E-state index >= 15 is 0 Å². The van der Waals surface area contributed by atoms with Crippen molar-refractivity contribution >= 4 is 17.9 Å². The van der Waals surface area contributed by atoms with Crippen LogP contribution in [-0.2, 0) is 14.4 Å². The zero-order valence-corrected chi connectivity index (χ0v) is 12.7. The van der Waals surface area contributed by atoms with E-state index in [4.69, 9.17) is 0 Å². The molecule has 1 aromatic rings. The number of benzene rings is 1. The van der Waals surface area contributed by atoms with Crippen molar-refractivity contribution < 1.29 is 29.7 Å². The monoisotopic (exact) mass is 308 g/mol. The highest BCUT2D eigenvalue weighted by atomic mass is 16.4. The highest BCUT2D eigenvalue weighted by Gasteiger charge is 2.47. The van der Waals surface area contributed by atoms with Gasteiger partial charge in [-0.25, -0.2) is 0 Å². The van der Waals surface area contributed by atoms with Crippen LogP contribution in [0.5, 0.6) is 0 Å². The molecule has 0 fully saturated rings. The molecule has 120 valence electrons. The molecule has 6 nitrogen and oxygen atoms in total. The summed E-state index contributed by atoms with van der Waals surface area (Å²) in [5.41, 5.74) is -1.03. The summed E-state index contributed by atoms with van der Waals surface area (Å²) in [7, 11) is 0. The van der Waals surface area contributed by atoms with E-state index in [1.54, 1.807) is 18.2 Å². The maximum Gasteiger partial charge on any atom is 0.311 e. The zero-order valence-electron chi connectivity index (χ0n) is 12.7. The molecule has 0 heterocycles. The molecule has 0 aromatic heterocycles. The Balaban J connectivity index is 3.36. The molecule has 22 heavy (non-hydrogen) atoms. The minimum atomic E-state index is -1.37. The minimum absolute atomic E-state index is 0.343. The quantitative estimate of drug-likeness (QED) is 0.712. The fraction of sp³-hybridized carbons (Fsp3) is 0.438. The molecule has 0 aliphatic rings. The van der Waals surface area contributed by atoms with Crippen LogP contribution in [-0.4, -0.2) is 33.2 Å². The summed E-state index contributed by atoms with van der Waals surface area (Å²) in [5.74, 6) is -7.32. The van der Waals surface area contributed by atoms with Crippen molar-refractivity contribution in [3.8, 4) is 0 Å². The van der Waals surface area contributed by atoms with Gasteiger partial charge in [-0.2, -0.15) is 0 Å². The molecule has 0 bridgehead atoms. The van der Waals surface area contributed by atoms with Crippen molar-refractivity contribution in [3.05, 3.63) is 35.9 Å². The highest BCUT2D eigenvalue weighted by molar-refractivity contribution is 5.85. The molecule has 0 radical (unpaired) electrons. The Kier molecular flexibility index (Phi) is 5.30. The molecule has 0 saturated carbocycles. The smallest absolute Gasteiger partial charge is 0.311 e. The van der Waals surface area contributed by atoms with Crippen molar-refractivity contribution in [3.63, 3.8) is 0 Å². The van der Waals surface area contributed by atoms with Gasteiger partial charge in [0.2, 0.25) is 0 Å². The van der Waals surface area contributed by atoms with Gasteiger partial charge in [-0.05, 0) is 25.3 Å². The summed E-state index contributed by atoms with van der Waals surface area (Å²) in [6, 6.07) is 8.02. The maximum absolute atomic E-state index is 11.7. The molecule has 0 saturated heterocycles. The van der Waals surface area contributed by atoms with Crippen LogP contribution < -0.4 is 0 Å². The van der Waals surface area contributed by atoms with E-state index in [1.165, 1.54) is 32.9 Å². The third-order valence-corrected chi connectivity index (χ3v) is 4.30. The number of hydrogen-bond acceptors (Lipinski definition) is 3. The maximum atomic E-state index is 11.7. The average Bonchev–Trinajstić information content (AvgIpc) is 2.43. The Labute approximate surface area is 128 Å². The second kappa shape index (κ2) is 6.60. The Morgan fingerprint density at radius 3 is 1.82 bits per heavy atom. The number of carbonyl (C=O) groups is 3. The van der Waals surface area contributed by atoms with E-state index in [1.807, 2.05) is 0 Å². The van der Waals surface area contributed by atoms with E-state index < -0.39 is 41.1 Å². The Morgan fingerprint density at radius 2 is 1.45 bits per heavy atom. The van der Waals surface area contributed by atoms with Crippen LogP contribution in [0.4, 0.5) is 0 Å². The van der Waals surface area contributed by atoms with Crippen LogP contribution in [0.25, 0.3) is 0 Å². The van der Waals surface area contributed by atoms with Gasteiger partial charge in [-0.15, -0.1) is 0 Å². The molecule has 3 atom stereocenters. The van der Waals surface area contributed by atoms with Gasteiger partial charge in [-0.3, -0.25) is 14.4 Å². The predicted molar refractivity (Wildman–Crippen MR) is 78.5 cm³/mol. The van der Waals surface area contributed by atoms with E-state index in [0.717, 1.165) is 0 Å². The summed E-state index contributed by atoms with van der Waals surface area (Å²) in [6.45, 7) is 4.27. The van der Waals surface area contributed by atoms with Crippen molar-refractivity contribution in [1.29, 1.82) is 0 Å². The van der Waals surface area contributed by atoms with Crippen molar-refractivity contribution in [1.82, 2.24) is 0 Å². The molecular formula is C16H20O6. The van der Waals surface area contributed by atoms with Gasteiger partial charge in [0.1, 0.15) is 0 Å². The summed E-state index contributed by atoms with van der Waals surface area (Å²) in [5, 5.41) is 28.3. The van der Waals surface area contributed by atoms with Gasteiger partial charge in [-0.1, -0.05) is 37.3 Å². The van der Waals surface area contributed by atoms with Gasteiger partial charge in [0.15, 0.2) is 0 Å². The van der Waals surface area contributed by atoms with Crippen molar-refractivity contribution in [2.45, 2.75) is 26.7 Å². The topological polar surface area (TPSA) is 112 Å². The van der Waals surface area contributed by atoms with Crippen molar-refractivity contribution in [2.24, 2.45) is 17.3 Å². The average molecular weight is 308 g/mol. The van der Waals surface area contributed by atoms with Crippen LogP contribution in [0.2, 0.25) is 0 Å². The van der Waals surface area contributed by atoms with Gasteiger partial charge >= 0.3 is 17.9 Å². The summed E-state index contributed by atoms with van der Waals surface area (Å²) < 4.78 is 0. The Bertz CT molecular complexity index is 563. The second-order valence-corrected chi connectivity index (χ2v) is 5.91. The van der Waals surface area contributed by atoms with Crippen LogP contribution in [0.3, 0.4) is 0 Å². The summed E-state index contributed by atoms with van der Waals surface area (Å²) in [6.07, 6.45) is 0. The lowest BCUT2D eigenvalue weighted by Gasteiger charge is -2.34. The fourth-order valence-electron chi connectivity index (χ4n) is 2.45. The number of carboxylic acid groups (broad SMARTS) is 3. The molecule has 0 spiro atoms. The highest BCUT2D eigenvalue weighted by Crippen LogP contribution is 2.40. The number of hydrogen-bond donors (Lipinski definition) is 3. The van der Waals surface area contributed by atoms with Gasteiger partial charge in [0.05, 0.1) is 17.3 Å². The lowest BCUT2D eigenvalue weighted by atomic mass is 9.67. The summed E-state index contributed by atoms with van der Waals surface area (Å²) in [4.78, 5) is 34.7. The lowest BCUT2D eigenvalue weighted by Crippen LogP contribution is -2.42. The van der Waals surface area contributed by atoms with Crippen LogP contribution in [0.15, 0.2) is 30.3 Å². The second-order valence-electron chi connectivity index (χ2n) is 5.91.